The Hall–Kier alpha value is -4.78. The van der Waals surface area contributed by atoms with Crippen molar-refractivity contribution in [1.82, 2.24) is 20.4 Å². The molecule has 0 bridgehead atoms. The van der Waals surface area contributed by atoms with Crippen molar-refractivity contribution in [3.05, 3.63) is 97.4 Å². The van der Waals surface area contributed by atoms with Crippen LogP contribution in [0.15, 0.2) is 107 Å². The molecule has 16 nitrogen and oxygen atoms in total. The van der Waals surface area contributed by atoms with Crippen LogP contribution in [0.4, 0.5) is 5.69 Å². The van der Waals surface area contributed by atoms with E-state index >= 15 is 0 Å². The number of ether oxygens (including phenoxy) is 1. The normalized spacial score (nSPS) is 18.2. The smallest absolute Gasteiger partial charge is 0.744 e. The van der Waals surface area contributed by atoms with Crippen LogP contribution in [0.2, 0.25) is 0 Å². The summed E-state index contributed by atoms with van der Waals surface area (Å²) in [5.74, 6) is -0.762. The number of rotatable bonds is 8. The van der Waals surface area contributed by atoms with E-state index in [-0.39, 0.29) is 79.5 Å². The van der Waals surface area contributed by atoms with Gasteiger partial charge in [0.05, 0.1) is 42.7 Å². The molecule has 6 rings (SSSR count). The zero-order chi connectivity index (χ0) is 37.0. The molecule has 2 N–H and O–H groups in total. The second-order valence-electron chi connectivity index (χ2n) is 10.7. The summed E-state index contributed by atoms with van der Waals surface area (Å²) < 4.78 is 37.4. The van der Waals surface area contributed by atoms with E-state index in [9.17, 15) is 41.7 Å². The summed E-state index contributed by atoms with van der Waals surface area (Å²) in [5.41, 5.74) is 1.53. The Morgan fingerprint density at radius 3 is 1.67 bits per heavy atom. The maximum Gasteiger partial charge on any atom is 1.00 e. The maximum atomic E-state index is 11.4. The van der Waals surface area contributed by atoms with Crippen LogP contribution in [-0.4, -0.2) is 103 Å². The fourth-order valence-electron chi connectivity index (χ4n) is 4.36. The van der Waals surface area contributed by atoms with E-state index in [1.165, 1.54) is 41.3 Å². The molecule has 0 aliphatic carbocycles. The summed E-state index contributed by atoms with van der Waals surface area (Å²) in [4.78, 5) is 73.8. The van der Waals surface area contributed by atoms with E-state index in [1.807, 2.05) is 6.92 Å². The molecule has 5 aliphatic rings. The van der Waals surface area contributed by atoms with Gasteiger partial charge < -0.3 is 24.8 Å². The van der Waals surface area contributed by atoms with Gasteiger partial charge in [0.15, 0.2) is 0 Å². The summed E-state index contributed by atoms with van der Waals surface area (Å²) >= 11 is 0. The van der Waals surface area contributed by atoms with Gasteiger partial charge in [0.1, 0.15) is 10.1 Å². The first-order valence-electron chi connectivity index (χ1n) is 14.9. The quantitative estimate of drug-likeness (QED) is 0.130. The Morgan fingerprint density at radius 1 is 0.808 bits per heavy atom. The first kappa shape index (κ1) is 45.2. The van der Waals surface area contributed by atoms with Gasteiger partial charge in [0.25, 0.3) is 29.5 Å². The number of hydrogen-bond acceptors (Lipinski definition) is 12. The van der Waals surface area contributed by atoms with Crippen molar-refractivity contribution in [2.75, 3.05) is 37.7 Å². The molecule has 0 spiro atoms. The summed E-state index contributed by atoms with van der Waals surface area (Å²) in [6, 6.07) is 5.13. The number of anilines is 1. The van der Waals surface area contributed by atoms with Crippen molar-refractivity contribution in [1.29, 1.82) is 0 Å². The van der Waals surface area contributed by atoms with Crippen molar-refractivity contribution >= 4 is 57.1 Å². The first-order valence-corrected chi connectivity index (χ1v) is 16.3. The van der Waals surface area contributed by atoms with E-state index in [2.05, 4.69) is 35.7 Å². The topological polar surface area (TPSA) is 215 Å². The second kappa shape index (κ2) is 20.9. The summed E-state index contributed by atoms with van der Waals surface area (Å²) in [7, 11) is -4.52. The van der Waals surface area contributed by atoms with Crippen LogP contribution in [0.5, 0.6) is 0 Å². The fraction of sp³-hybridized carbons (Fsp3) is 0.265. The summed E-state index contributed by atoms with van der Waals surface area (Å²) in [6.07, 6.45) is 10.9. The number of imide groups is 2. The van der Waals surface area contributed by atoms with Gasteiger partial charge in [-0.25, -0.2) is 13.3 Å². The molecular formula is C34H39N6NaO10S. The largest absolute Gasteiger partial charge is 1.00 e. The van der Waals surface area contributed by atoms with Gasteiger partial charge in [-0.3, -0.25) is 38.7 Å². The minimum Gasteiger partial charge on any atom is -0.744 e. The van der Waals surface area contributed by atoms with Gasteiger partial charge in [0.2, 0.25) is 5.91 Å². The van der Waals surface area contributed by atoms with Crippen LogP contribution in [-0.2, 0) is 43.6 Å². The Morgan fingerprint density at radius 2 is 1.31 bits per heavy atom. The van der Waals surface area contributed by atoms with Crippen LogP contribution in [0.25, 0.3) is 0 Å². The molecule has 0 fully saturated rings. The van der Waals surface area contributed by atoms with Crippen molar-refractivity contribution in [3.63, 3.8) is 0 Å². The number of nitrogens with one attached hydrogen (secondary N) is 2. The first-order chi connectivity index (χ1) is 23.6. The minimum atomic E-state index is -4.52. The van der Waals surface area contributed by atoms with Gasteiger partial charge in [0, 0.05) is 60.4 Å². The molecular weight excluding hydrogens is 707 g/mol. The number of nitrogens with zero attached hydrogens (tertiary/aromatic N) is 4. The standard InChI is InChI=1S/C13H14N2O4.C10H7NO5S.C5H10N2.C5H5NO.CH4.Na/c1-10-2-3-11(16)14(10)6-8-19-9-7-15-12(17)4-5-13(15)18;12-9-5-6-10(13)11(9)7-1-3-8(4-2-7)17(14,15)16;1-4-3-6-5(2)7-4;1-4-2-3-5(7)6-4;;/h2-5H,1,6-9H2;1-6H,(H,14,15,16);4H,3H2,1-2H3,(H,6,7);2-3H,1H2,(H,6,7);1H4;/q;;;;;+1/p-1. The molecule has 18 heteroatoms. The van der Waals surface area contributed by atoms with Crippen molar-refractivity contribution in [3.8, 4) is 0 Å². The molecule has 5 aliphatic heterocycles. The summed E-state index contributed by atoms with van der Waals surface area (Å²) in [5, 5.41) is 5.64. The third-order valence-electron chi connectivity index (χ3n) is 6.82. The third-order valence-corrected chi connectivity index (χ3v) is 7.67. The molecule has 1 aromatic rings. The van der Waals surface area contributed by atoms with Gasteiger partial charge >= 0.3 is 29.6 Å². The molecule has 1 unspecified atom stereocenters. The van der Waals surface area contributed by atoms with Gasteiger partial charge in [-0.15, -0.1) is 0 Å². The number of amides is 6. The Kier molecular flexibility index (Phi) is 18.2. The van der Waals surface area contributed by atoms with E-state index in [4.69, 9.17) is 4.74 Å². The molecule has 6 amide bonds. The second-order valence-corrected chi connectivity index (χ2v) is 12.1. The maximum absolute atomic E-state index is 11.4. The van der Waals surface area contributed by atoms with Crippen molar-refractivity contribution in [2.24, 2.45) is 4.99 Å². The average molecular weight is 747 g/mol. The third kappa shape index (κ3) is 13.7. The van der Waals surface area contributed by atoms with Crippen LogP contribution in [0.3, 0.4) is 0 Å². The van der Waals surface area contributed by atoms with Crippen molar-refractivity contribution < 1.29 is 76.0 Å². The molecule has 0 radical (unpaired) electrons. The zero-order valence-electron chi connectivity index (χ0n) is 28.2. The average Bonchev–Trinajstić information content (AvgIpc) is 3.87. The predicted molar refractivity (Wildman–Crippen MR) is 186 cm³/mol. The van der Waals surface area contributed by atoms with Gasteiger partial charge in [-0.2, -0.15) is 0 Å². The van der Waals surface area contributed by atoms with E-state index in [0.29, 0.717) is 30.6 Å². The SMILES string of the molecule is C.C=C1C=CC(=O)N1.C=C1C=CC(=O)N1CCOCCN1C(=O)C=CC1=O.CC1=NCC(C)N1.O=C1C=CC(=O)N1c1ccc(S(=O)(=O)[O-])cc1.[Na+]. The molecule has 0 saturated heterocycles. The minimum absolute atomic E-state index is 0. The molecule has 0 aromatic heterocycles. The monoisotopic (exact) mass is 746 g/mol. The van der Waals surface area contributed by atoms with Crippen LogP contribution < -0.4 is 45.1 Å². The molecule has 1 aromatic carbocycles. The van der Waals surface area contributed by atoms with E-state index in [1.54, 1.807) is 12.2 Å². The molecule has 272 valence electrons. The van der Waals surface area contributed by atoms with Gasteiger partial charge in [-0.1, -0.05) is 20.6 Å². The zero-order valence-corrected chi connectivity index (χ0v) is 31.1. The summed E-state index contributed by atoms with van der Waals surface area (Å²) in [6.45, 7) is 13.5. The van der Waals surface area contributed by atoms with E-state index in [0.717, 1.165) is 46.5 Å². The number of hydrogen-bond donors (Lipinski definition) is 2. The fourth-order valence-corrected chi connectivity index (χ4v) is 4.83. The number of aliphatic imine (C=N–C) groups is 1. The molecule has 1 atom stereocenters. The molecule has 0 saturated carbocycles. The molecule has 5 heterocycles. The van der Waals surface area contributed by atoms with E-state index < -0.39 is 26.8 Å². The van der Waals surface area contributed by atoms with Crippen LogP contribution in [0.1, 0.15) is 21.3 Å². The Balaban J connectivity index is 0.000000372. The Labute approximate surface area is 324 Å². The van der Waals surface area contributed by atoms with Crippen LogP contribution >= 0.6 is 0 Å². The number of amidine groups is 1. The Bertz CT molecular complexity index is 1720. The molecule has 52 heavy (non-hydrogen) atoms. The van der Waals surface area contributed by atoms with Crippen molar-refractivity contribution in [2.45, 2.75) is 32.2 Å². The van der Waals surface area contributed by atoms with Crippen LogP contribution in [0, 0.1) is 0 Å². The number of carbonyl (C=O) groups excluding carboxylic acids is 6. The van der Waals surface area contributed by atoms with Gasteiger partial charge in [-0.05, 0) is 50.3 Å². The predicted octanol–water partition coefficient (Wildman–Crippen LogP) is -1.92. The number of carbonyl (C=O) groups is 6. The number of allylic oxidation sites excluding steroid dienone is 2. The number of benzene rings is 1.